The predicted octanol–water partition coefficient (Wildman–Crippen LogP) is 15.1. The van der Waals surface area contributed by atoms with Crippen molar-refractivity contribution in [3.05, 3.63) is 199 Å². The monoisotopic (exact) mass is 783 g/mol. The molecule has 5 aliphatic carbocycles. The average molecular weight is 784 g/mol. The molecule has 0 N–H and O–H groups in total. The molecule has 0 radical (unpaired) electrons. The Bertz CT molecular complexity index is 3120. The summed E-state index contributed by atoms with van der Waals surface area (Å²) >= 11 is 0. The summed E-state index contributed by atoms with van der Waals surface area (Å²) in [4.78, 5) is 2.51. The Morgan fingerprint density at radius 1 is 0.361 bits per heavy atom. The number of hydrogen-bond acceptors (Lipinski definition) is 1. The van der Waals surface area contributed by atoms with Crippen LogP contribution in [-0.2, 0) is 5.41 Å². The highest BCUT2D eigenvalue weighted by Gasteiger charge is 2.61. The van der Waals surface area contributed by atoms with Crippen molar-refractivity contribution in [2.45, 2.75) is 37.5 Å². The summed E-state index contributed by atoms with van der Waals surface area (Å²) in [6, 6.07) is 70.8. The second-order valence-corrected chi connectivity index (χ2v) is 18.6. The Morgan fingerprint density at radius 3 is 1.30 bits per heavy atom. The molecule has 3 nitrogen and oxygen atoms in total. The van der Waals surface area contributed by atoms with E-state index in [0.717, 1.165) is 46.4 Å². The molecular formula is C58H45N3. The molecule has 4 saturated carbocycles. The van der Waals surface area contributed by atoms with Crippen molar-refractivity contribution in [2.24, 2.45) is 23.7 Å². The number of aromatic nitrogens is 2. The van der Waals surface area contributed by atoms with Crippen LogP contribution < -0.4 is 4.90 Å². The van der Waals surface area contributed by atoms with E-state index in [1.54, 1.807) is 11.1 Å². The van der Waals surface area contributed by atoms with Gasteiger partial charge in [-0.2, -0.15) is 0 Å². The first kappa shape index (κ1) is 33.9. The summed E-state index contributed by atoms with van der Waals surface area (Å²) in [5, 5.41) is 5.09. The van der Waals surface area contributed by atoms with Crippen molar-refractivity contribution in [1.82, 2.24) is 9.13 Å². The van der Waals surface area contributed by atoms with E-state index in [9.17, 15) is 0 Å². The molecule has 0 atom stereocenters. The van der Waals surface area contributed by atoms with Crippen LogP contribution in [0, 0.1) is 23.7 Å². The van der Waals surface area contributed by atoms with Crippen LogP contribution in [0.25, 0.3) is 66.1 Å². The normalized spacial score (nSPS) is 22.2. The summed E-state index contributed by atoms with van der Waals surface area (Å²) in [5.41, 5.74) is 16.8. The van der Waals surface area contributed by atoms with Gasteiger partial charge in [-0.1, -0.05) is 115 Å². The number of fused-ring (bicyclic) bond motifs is 9. The van der Waals surface area contributed by atoms with E-state index in [0.29, 0.717) is 0 Å². The van der Waals surface area contributed by atoms with Crippen molar-refractivity contribution >= 4 is 60.7 Å². The number of hydrogen-bond donors (Lipinski definition) is 0. The third kappa shape index (κ3) is 4.64. The van der Waals surface area contributed by atoms with Gasteiger partial charge in [0.2, 0.25) is 0 Å². The zero-order valence-corrected chi connectivity index (χ0v) is 34.1. The van der Waals surface area contributed by atoms with E-state index < -0.39 is 0 Å². The van der Waals surface area contributed by atoms with Gasteiger partial charge in [0.25, 0.3) is 0 Å². The molecule has 0 unspecified atom stereocenters. The smallest absolute Gasteiger partial charge is 0.0541 e. The van der Waals surface area contributed by atoms with Gasteiger partial charge in [0, 0.05) is 55.4 Å². The van der Waals surface area contributed by atoms with Crippen molar-refractivity contribution in [2.75, 3.05) is 4.90 Å². The largest absolute Gasteiger partial charge is 0.310 e. The van der Waals surface area contributed by atoms with Crippen molar-refractivity contribution in [3.63, 3.8) is 0 Å². The molecule has 10 aromatic rings. The standard InChI is InChI=1S/C58H45N3/c1-6-22-52-46(17-1)51-36-45(27-28-53(51)58(52)39-30-37-29-38(32-39)33-40(58)31-37)59(41-13-11-15-43(34-41)60-54-23-7-2-18-47(54)48-19-3-8-24-55(48)60)42-14-12-16-44(35-42)61-56-25-9-4-20-49(56)50-21-5-10-26-57(50)61/h1-28,34-40H,29-33H2. The molecule has 3 heteroatoms. The molecule has 4 fully saturated rings. The molecule has 61 heavy (non-hydrogen) atoms. The van der Waals surface area contributed by atoms with Crippen molar-refractivity contribution < 1.29 is 0 Å². The van der Waals surface area contributed by atoms with E-state index in [1.807, 2.05) is 0 Å². The van der Waals surface area contributed by atoms with Crippen LogP contribution in [-0.4, -0.2) is 9.13 Å². The second-order valence-electron chi connectivity index (χ2n) is 18.6. The van der Waals surface area contributed by atoms with Gasteiger partial charge < -0.3 is 14.0 Å². The molecule has 2 aromatic heterocycles. The van der Waals surface area contributed by atoms with Gasteiger partial charge in [-0.15, -0.1) is 0 Å². The lowest BCUT2D eigenvalue weighted by molar-refractivity contribution is -0.0399. The fourth-order valence-electron chi connectivity index (χ4n) is 13.7. The van der Waals surface area contributed by atoms with Crippen LogP contribution in [0.2, 0.25) is 0 Å². The van der Waals surface area contributed by atoms with Crippen LogP contribution in [0.3, 0.4) is 0 Å². The number of para-hydroxylation sites is 4. The highest BCUT2D eigenvalue weighted by Crippen LogP contribution is 2.69. The average Bonchev–Trinajstić information content (AvgIpc) is 3.93. The van der Waals surface area contributed by atoms with Gasteiger partial charge in [-0.05, 0) is 151 Å². The SMILES string of the molecule is c1cc(N(c2cccc(-n3c4ccccc4c4ccccc43)c2)c2ccc3c(c2)-c2ccccc2C32C3CC4CC(C3)CC2C4)cc(-n2c3ccccc3c3ccccc32)c1. The highest BCUT2D eigenvalue weighted by molar-refractivity contribution is 6.10. The van der Waals surface area contributed by atoms with E-state index in [-0.39, 0.29) is 5.41 Å². The second kappa shape index (κ2) is 12.6. The van der Waals surface area contributed by atoms with E-state index in [4.69, 9.17) is 0 Å². The topological polar surface area (TPSA) is 13.1 Å². The third-order valence-corrected chi connectivity index (χ3v) is 15.6. The molecule has 4 bridgehead atoms. The first-order chi connectivity index (χ1) is 30.2. The first-order valence-corrected chi connectivity index (χ1v) is 22.4. The summed E-state index contributed by atoms with van der Waals surface area (Å²) in [6.45, 7) is 0. The van der Waals surface area contributed by atoms with Gasteiger partial charge in [0.15, 0.2) is 0 Å². The first-order valence-electron chi connectivity index (χ1n) is 22.4. The predicted molar refractivity (Wildman–Crippen MR) is 253 cm³/mol. The zero-order valence-electron chi connectivity index (χ0n) is 34.1. The Kier molecular flexibility index (Phi) is 7.01. The van der Waals surface area contributed by atoms with Gasteiger partial charge >= 0.3 is 0 Å². The molecule has 0 aliphatic heterocycles. The lowest BCUT2D eigenvalue weighted by atomic mass is 9.43. The Morgan fingerprint density at radius 2 is 0.787 bits per heavy atom. The van der Waals surface area contributed by atoms with Crippen LogP contribution in [0.4, 0.5) is 17.1 Å². The van der Waals surface area contributed by atoms with Crippen molar-refractivity contribution in [3.8, 4) is 22.5 Å². The molecular weight excluding hydrogens is 739 g/mol. The summed E-state index contributed by atoms with van der Waals surface area (Å²) in [7, 11) is 0. The number of nitrogens with zero attached hydrogens (tertiary/aromatic N) is 3. The van der Waals surface area contributed by atoms with Gasteiger partial charge in [0.05, 0.1) is 22.1 Å². The molecule has 5 aliphatic rings. The molecule has 0 saturated heterocycles. The summed E-state index contributed by atoms with van der Waals surface area (Å²) in [5.74, 6) is 3.31. The number of anilines is 3. The minimum absolute atomic E-state index is 0.135. The quantitative estimate of drug-likeness (QED) is 0.169. The molecule has 8 aromatic carbocycles. The molecule has 292 valence electrons. The Balaban J connectivity index is 0.993. The maximum atomic E-state index is 2.56. The van der Waals surface area contributed by atoms with Crippen LogP contribution in [0.5, 0.6) is 0 Å². The van der Waals surface area contributed by atoms with E-state index in [2.05, 4.69) is 202 Å². The van der Waals surface area contributed by atoms with E-state index in [1.165, 1.54) is 92.5 Å². The van der Waals surface area contributed by atoms with Gasteiger partial charge in [-0.25, -0.2) is 0 Å². The van der Waals surface area contributed by atoms with Crippen LogP contribution in [0.15, 0.2) is 188 Å². The van der Waals surface area contributed by atoms with E-state index >= 15 is 0 Å². The summed E-state index contributed by atoms with van der Waals surface area (Å²) in [6.07, 6.45) is 7.02. The third-order valence-electron chi connectivity index (χ3n) is 15.6. The number of rotatable bonds is 5. The Labute approximate surface area is 356 Å². The highest BCUT2D eigenvalue weighted by atomic mass is 15.1. The van der Waals surface area contributed by atoms with Crippen molar-refractivity contribution in [1.29, 1.82) is 0 Å². The zero-order chi connectivity index (χ0) is 39.8. The maximum absolute atomic E-state index is 2.56. The van der Waals surface area contributed by atoms with Gasteiger partial charge in [-0.3, -0.25) is 0 Å². The lowest BCUT2D eigenvalue weighted by Gasteiger charge is -2.61. The minimum atomic E-state index is 0.135. The van der Waals surface area contributed by atoms with Crippen LogP contribution >= 0.6 is 0 Å². The molecule has 15 rings (SSSR count). The molecule has 2 heterocycles. The molecule has 0 amide bonds. The minimum Gasteiger partial charge on any atom is -0.310 e. The fraction of sp³-hybridized carbons (Fsp3) is 0.172. The molecule has 1 spiro atoms. The lowest BCUT2D eigenvalue weighted by Crippen LogP contribution is -2.55. The fourth-order valence-corrected chi connectivity index (χ4v) is 13.7. The Hall–Kier alpha value is -6.84. The number of benzene rings is 8. The summed E-state index contributed by atoms with van der Waals surface area (Å²) < 4.78 is 4.88. The maximum Gasteiger partial charge on any atom is 0.0541 e. The van der Waals surface area contributed by atoms with Crippen LogP contribution in [0.1, 0.15) is 43.2 Å². The van der Waals surface area contributed by atoms with Gasteiger partial charge in [0.1, 0.15) is 0 Å².